The maximum Gasteiger partial charge on any atom is 0.292 e. The fourth-order valence-electron chi connectivity index (χ4n) is 10.5. The van der Waals surface area contributed by atoms with Gasteiger partial charge in [-0.2, -0.15) is 0 Å². The predicted molar refractivity (Wildman–Crippen MR) is 376 cm³/mol. The highest BCUT2D eigenvalue weighted by molar-refractivity contribution is 6.08. The Labute approximate surface area is 589 Å². The van der Waals surface area contributed by atoms with Gasteiger partial charge in [0.1, 0.15) is 34.5 Å². The highest BCUT2D eigenvalue weighted by atomic mass is 16.2. The molecule has 546 valence electrons. The summed E-state index contributed by atoms with van der Waals surface area (Å²) in [4.78, 5) is 184. The van der Waals surface area contributed by atoms with Crippen molar-refractivity contribution in [3.63, 3.8) is 0 Å². The zero-order valence-electron chi connectivity index (χ0n) is 58.6. The molecule has 13 N–H and O–H groups in total. The molecule has 8 aromatic rings. The number of hydrogen-bond donors (Lipinski definition) is 13. The van der Waals surface area contributed by atoms with Crippen LogP contribution in [0.5, 0.6) is 0 Å². The molecule has 0 bridgehead atoms. The quantitative estimate of drug-likeness (QED) is 0.0250. The van der Waals surface area contributed by atoms with Crippen molar-refractivity contribution >= 4 is 117 Å². The Hall–Kier alpha value is -12.9. The third kappa shape index (κ3) is 20.8. The zero-order valence-corrected chi connectivity index (χ0v) is 58.6. The summed E-state index contributed by atoms with van der Waals surface area (Å²) in [7, 11) is 16.6. The molecule has 8 rings (SSSR count). The summed E-state index contributed by atoms with van der Waals surface area (Å²) in [6, 6.07) is 6.12. The van der Waals surface area contributed by atoms with Gasteiger partial charge < -0.3 is 111 Å². The van der Waals surface area contributed by atoms with Crippen molar-refractivity contribution in [2.45, 2.75) is 45.1 Å². The lowest BCUT2D eigenvalue weighted by Gasteiger charge is -2.17. The summed E-state index contributed by atoms with van der Waals surface area (Å²) in [5.41, 5.74) is 2.38. The number of nitrogens with zero attached hydrogens (tertiary/aromatic N) is 12. The number of amides is 13. The number of nitrogens with one attached hydrogen (secondary N) is 13. The van der Waals surface area contributed by atoms with Gasteiger partial charge in [0.25, 0.3) is 47.3 Å². The van der Waals surface area contributed by atoms with E-state index in [1.165, 1.54) is 110 Å². The van der Waals surface area contributed by atoms with Crippen LogP contribution in [0.3, 0.4) is 0 Å². The van der Waals surface area contributed by atoms with E-state index in [1.54, 1.807) is 76.2 Å². The molecule has 0 aliphatic rings. The maximum atomic E-state index is 13.6. The summed E-state index contributed by atoms with van der Waals surface area (Å²) in [6.07, 6.45) is 14.0. The molecule has 0 saturated heterocycles. The van der Waals surface area contributed by atoms with Crippen molar-refractivity contribution in [1.82, 2.24) is 88.3 Å². The van der Waals surface area contributed by atoms with E-state index in [4.69, 9.17) is 0 Å². The molecule has 0 fully saturated rings. The SMILES string of the molecule is CC(=O)N[C@@H](CCNC(=O)c1nc(NC(=O)c2nc(NC(=O)CCNC(=O)c3cc(NC(=O)c4nccn4C)cn3C)cn2C)cn1C)C(=O)Nc1cc(C(=O)Nc2cc(C(=O)NCCC(=O)Nc3cc(C(=O)Nc4cc(C(=O)NCCC(=O)NCCCN(C)C)n(C)c4)n(C)c3)n(C)c2)n(C)c1. The highest BCUT2D eigenvalue weighted by Gasteiger charge is 2.26. The van der Waals surface area contributed by atoms with Crippen LogP contribution < -0.4 is 69.1 Å². The van der Waals surface area contributed by atoms with E-state index >= 15 is 0 Å². The van der Waals surface area contributed by atoms with Gasteiger partial charge in [0.2, 0.25) is 41.2 Å². The molecular weight excluding hydrogens is 1340 g/mol. The lowest BCUT2D eigenvalue weighted by atomic mass is 10.2. The number of carbonyl (C=O) groups is 13. The molecule has 38 heteroatoms. The number of carbonyl (C=O) groups excluding carboxylic acids is 13. The first-order valence-corrected chi connectivity index (χ1v) is 32.2. The molecule has 0 saturated carbocycles. The molecule has 0 unspecified atom stereocenters. The molecule has 0 radical (unpaired) electrons. The molecule has 103 heavy (non-hydrogen) atoms. The molecule has 8 heterocycles. The van der Waals surface area contributed by atoms with E-state index in [9.17, 15) is 62.3 Å². The minimum absolute atomic E-state index is 0.0232. The number of imidazole rings is 3. The molecule has 38 nitrogen and oxygen atoms in total. The first kappa shape index (κ1) is 75.9. The topological polar surface area (TPSA) is 460 Å². The molecule has 0 spiro atoms. The second-order valence-corrected chi connectivity index (χ2v) is 24.3. The lowest BCUT2D eigenvalue weighted by Crippen LogP contribution is -2.45. The Morgan fingerprint density at radius 2 is 0.777 bits per heavy atom. The number of rotatable bonds is 33. The van der Waals surface area contributed by atoms with Crippen molar-refractivity contribution in [3.8, 4) is 0 Å². The van der Waals surface area contributed by atoms with Crippen molar-refractivity contribution < 1.29 is 62.3 Å². The van der Waals surface area contributed by atoms with Crippen LogP contribution in [-0.4, -0.2) is 193 Å². The molecule has 0 aliphatic heterocycles. The number of anilines is 7. The summed E-state index contributed by atoms with van der Waals surface area (Å²) in [5.74, 6) is -6.90. The van der Waals surface area contributed by atoms with Gasteiger partial charge in [0.15, 0.2) is 17.5 Å². The molecule has 13 amide bonds. The van der Waals surface area contributed by atoms with E-state index in [-0.39, 0.29) is 127 Å². The number of aromatic nitrogens is 11. The minimum Gasteiger partial charge on any atom is -0.356 e. The second kappa shape index (κ2) is 34.2. The maximum absolute atomic E-state index is 13.6. The van der Waals surface area contributed by atoms with E-state index in [1.807, 2.05) is 19.0 Å². The van der Waals surface area contributed by atoms with Crippen molar-refractivity contribution in [1.29, 1.82) is 0 Å². The zero-order chi connectivity index (χ0) is 74.9. The van der Waals surface area contributed by atoms with Crippen LogP contribution in [0.2, 0.25) is 0 Å². The van der Waals surface area contributed by atoms with Crippen LogP contribution in [-0.2, 0) is 80.4 Å². The smallest absolute Gasteiger partial charge is 0.292 e. The van der Waals surface area contributed by atoms with Crippen LogP contribution >= 0.6 is 0 Å². The van der Waals surface area contributed by atoms with Gasteiger partial charge in [-0.15, -0.1) is 0 Å². The first-order chi connectivity index (χ1) is 48.9. The van der Waals surface area contributed by atoms with E-state index in [0.29, 0.717) is 23.6 Å². The fraction of sp³-hybridized carbons (Fsp3) is 0.354. The number of hydrogen-bond acceptors (Lipinski definition) is 17. The standard InChI is InChI=1S/C65H83N25O13/c1-37(91)72-43(13-18-71-63(101)55-80-50(36-89(55)10)81-65(103)56-79-49(35-90(56)11)78-53(94)16-21-70-60(98)46-28-42(34-86(46)7)77-64(102)54-67-22-24-83(54)4)57(95)74-39-29-48(88(9)31-39)62(100)76-41-27-45(85(6)33-41)59(97)69-20-15-52(93)73-38-25-47(87(8)30-38)61(99)75-40-26-44(84(5)32-40)58(96)68-19-14-51(92)66-17-12-23-82(2)3/h22,24-36,43H,12-21,23H2,1-11H3,(H,66,92)(H,68,96)(H,69,97)(H,70,98)(H,71,101)(H,72,91)(H,73,93)(H,74,95)(H,75,99)(H,76,100)(H,77,102)(H,78,94)(H,81,103)/t43-/m0/s1. The highest BCUT2D eigenvalue weighted by Crippen LogP contribution is 2.22. The van der Waals surface area contributed by atoms with E-state index < -0.39 is 76.9 Å². The van der Waals surface area contributed by atoms with Crippen LogP contribution in [0.15, 0.2) is 86.1 Å². The molecule has 0 aliphatic carbocycles. The normalized spacial score (nSPS) is 11.3. The Kier molecular flexibility index (Phi) is 25.2. The summed E-state index contributed by atoms with van der Waals surface area (Å²) in [6.45, 7) is 2.44. The number of aryl methyl sites for hydroxylation is 8. The van der Waals surface area contributed by atoms with Crippen LogP contribution in [0.4, 0.5) is 40.1 Å². The monoisotopic (exact) mass is 1420 g/mol. The van der Waals surface area contributed by atoms with E-state index in [0.717, 1.165) is 13.0 Å². The van der Waals surface area contributed by atoms with Gasteiger partial charge in [-0.3, -0.25) is 62.3 Å². The van der Waals surface area contributed by atoms with Crippen molar-refractivity contribution in [2.24, 2.45) is 56.4 Å². The molecular formula is C65H83N25O13. The third-order valence-electron chi connectivity index (χ3n) is 15.6. The largest absolute Gasteiger partial charge is 0.356 e. The van der Waals surface area contributed by atoms with Gasteiger partial charge in [0, 0.05) is 171 Å². The van der Waals surface area contributed by atoms with Gasteiger partial charge in [-0.05, 0) is 63.8 Å². The predicted octanol–water partition coefficient (Wildman–Crippen LogP) is 0.557. The van der Waals surface area contributed by atoms with Gasteiger partial charge in [-0.1, -0.05) is 0 Å². The Bertz CT molecular complexity index is 4550. The summed E-state index contributed by atoms with van der Waals surface area (Å²) < 4.78 is 11.7. The molecule has 0 aromatic carbocycles. The van der Waals surface area contributed by atoms with Gasteiger partial charge in [0.05, 0.1) is 28.4 Å². The Balaban J connectivity index is 0.736. The summed E-state index contributed by atoms with van der Waals surface area (Å²) in [5, 5.41) is 34.8. The second-order valence-electron chi connectivity index (χ2n) is 24.3. The third-order valence-corrected chi connectivity index (χ3v) is 15.6. The minimum atomic E-state index is -1.17. The Morgan fingerprint density at radius 3 is 1.22 bits per heavy atom. The Morgan fingerprint density at radius 1 is 0.388 bits per heavy atom. The fourth-order valence-corrected chi connectivity index (χ4v) is 10.5. The van der Waals surface area contributed by atoms with Gasteiger partial charge >= 0.3 is 0 Å². The van der Waals surface area contributed by atoms with Crippen LogP contribution in [0.1, 0.15) is 123 Å². The van der Waals surface area contributed by atoms with Crippen molar-refractivity contribution in [2.75, 3.05) is 90.6 Å². The van der Waals surface area contributed by atoms with Gasteiger partial charge in [-0.25, -0.2) is 15.0 Å². The molecule has 8 aromatic heterocycles. The lowest BCUT2D eigenvalue weighted by molar-refractivity contribution is -0.125. The summed E-state index contributed by atoms with van der Waals surface area (Å²) >= 11 is 0. The molecule has 1 atom stereocenters. The van der Waals surface area contributed by atoms with E-state index in [2.05, 4.69) is 84.1 Å². The average molecular weight is 1420 g/mol. The van der Waals surface area contributed by atoms with Crippen LogP contribution in [0, 0.1) is 0 Å². The van der Waals surface area contributed by atoms with Crippen molar-refractivity contribution in [3.05, 3.63) is 132 Å². The first-order valence-electron chi connectivity index (χ1n) is 32.2. The average Bonchev–Trinajstić information content (AvgIpc) is 1.70. The van der Waals surface area contributed by atoms with Crippen LogP contribution in [0.25, 0.3) is 0 Å².